The normalized spacial score (nSPS) is 20.4. The Hall–Kier alpha value is -2.76. The number of rotatable bonds is 2. The van der Waals surface area contributed by atoms with E-state index in [0.717, 1.165) is 22.7 Å². The Morgan fingerprint density at radius 1 is 1.18 bits per heavy atom. The second-order valence-electron chi connectivity index (χ2n) is 9.20. The summed E-state index contributed by atoms with van der Waals surface area (Å²) in [4.78, 5) is 14.8. The van der Waals surface area contributed by atoms with Crippen LogP contribution in [0.3, 0.4) is 0 Å². The van der Waals surface area contributed by atoms with Gasteiger partial charge in [0.2, 0.25) is 0 Å². The second kappa shape index (κ2) is 8.47. The monoisotopic (exact) mass is 549 g/mol. The van der Waals surface area contributed by atoms with Gasteiger partial charge in [0.1, 0.15) is 5.82 Å². The molecule has 0 saturated carbocycles. The highest BCUT2D eigenvalue weighted by Gasteiger charge is 2.45. The van der Waals surface area contributed by atoms with E-state index in [1.807, 2.05) is 13.8 Å². The van der Waals surface area contributed by atoms with Crippen molar-refractivity contribution in [2.45, 2.75) is 38.8 Å². The molecular weight excluding hydrogens is 531 g/mol. The minimum atomic E-state index is -4.61. The lowest BCUT2D eigenvalue weighted by molar-refractivity contribution is -0.137. The fourth-order valence-corrected chi connectivity index (χ4v) is 5.10. The molecule has 0 unspecified atom stereocenters. The van der Waals surface area contributed by atoms with Crippen LogP contribution in [0.5, 0.6) is 0 Å². The van der Waals surface area contributed by atoms with Crippen molar-refractivity contribution in [1.29, 1.82) is 5.26 Å². The molecule has 1 aliphatic carbocycles. The van der Waals surface area contributed by atoms with E-state index >= 15 is 0 Å². The Bertz CT molecular complexity index is 1290. The number of Topliss-reactive ketones (excluding diaryl/α,β-unsaturated/α-hetero) is 1. The molecule has 0 bridgehead atoms. The van der Waals surface area contributed by atoms with E-state index in [-0.39, 0.29) is 34.3 Å². The molecule has 4 nitrogen and oxygen atoms in total. The van der Waals surface area contributed by atoms with E-state index < -0.39 is 23.1 Å². The smallest absolute Gasteiger partial charge is 0.384 e. The predicted molar refractivity (Wildman–Crippen MR) is 128 cm³/mol. The fourth-order valence-electron chi connectivity index (χ4n) is 4.63. The predicted octanol–water partition coefficient (Wildman–Crippen LogP) is 7.06. The Morgan fingerprint density at radius 2 is 1.82 bits per heavy atom. The molecule has 0 spiro atoms. The lowest BCUT2D eigenvalue weighted by Crippen LogP contribution is -2.42. The van der Waals surface area contributed by atoms with Gasteiger partial charge in [-0.25, -0.2) is 0 Å². The minimum Gasteiger partial charge on any atom is -0.384 e. The Balaban J connectivity index is 2.02. The summed E-state index contributed by atoms with van der Waals surface area (Å²) in [7, 11) is 0. The number of nitriles is 1. The number of halogens is 5. The number of benzene rings is 2. The van der Waals surface area contributed by atoms with Crippen LogP contribution in [0.25, 0.3) is 0 Å². The molecule has 0 saturated heterocycles. The van der Waals surface area contributed by atoms with E-state index in [2.05, 4.69) is 22.0 Å². The van der Waals surface area contributed by atoms with Crippen molar-refractivity contribution in [2.24, 2.45) is 11.1 Å². The molecule has 0 aromatic heterocycles. The SMILES string of the molecule is CC1(C)CC(=O)C2=C(C1)N(c1cc(C(F)(F)F)ccc1Cl)C(N)=C(C#N)[C@@H]2c1ccc(Br)cc1. The maximum Gasteiger partial charge on any atom is 0.416 e. The number of allylic oxidation sites excluding steroid dienone is 3. The molecule has 34 heavy (non-hydrogen) atoms. The lowest BCUT2D eigenvalue weighted by atomic mass is 9.68. The van der Waals surface area contributed by atoms with Crippen LogP contribution in [0.2, 0.25) is 5.02 Å². The summed E-state index contributed by atoms with van der Waals surface area (Å²) < 4.78 is 41.4. The number of hydrogen-bond donors (Lipinski definition) is 1. The van der Waals surface area contributed by atoms with E-state index in [9.17, 15) is 23.2 Å². The van der Waals surface area contributed by atoms with Gasteiger partial charge in [-0.3, -0.25) is 9.69 Å². The van der Waals surface area contributed by atoms with Gasteiger partial charge in [0, 0.05) is 22.2 Å². The van der Waals surface area contributed by atoms with E-state index in [1.54, 1.807) is 24.3 Å². The van der Waals surface area contributed by atoms with Gasteiger partial charge in [-0.05, 0) is 47.7 Å². The van der Waals surface area contributed by atoms with Crippen LogP contribution in [0.4, 0.5) is 18.9 Å². The number of carbonyl (C=O) groups is 1. The maximum atomic E-state index is 13.5. The topological polar surface area (TPSA) is 70.1 Å². The number of nitrogens with zero attached hydrogens (tertiary/aromatic N) is 2. The van der Waals surface area contributed by atoms with Crippen LogP contribution in [-0.2, 0) is 11.0 Å². The average Bonchev–Trinajstić information content (AvgIpc) is 2.73. The summed E-state index contributed by atoms with van der Waals surface area (Å²) in [5.41, 5.74) is 6.70. The van der Waals surface area contributed by atoms with Crippen LogP contribution in [0, 0.1) is 16.7 Å². The third-order valence-electron chi connectivity index (χ3n) is 6.10. The largest absolute Gasteiger partial charge is 0.416 e. The van der Waals surface area contributed by atoms with Gasteiger partial charge < -0.3 is 5.73 Å². The van der Waals surface area contributed by atoms with Crippen molar-refractivity contribution >= 4 is 39.0 Å². The molecule has 176 valence electrons. The van der Waals surface area contributed by atoms with Crippen molar-refractivity contribution in [2.75, 3.05) is 4.90 Å². The van der Waals surface area contributed by atoms with Crippen molar-refractivity contribution < 1.29 is 18.0 Å². The van der Waals surface area contributed by atoms with Gasteiger partial charge in [-0.2, -0.15) is 18.4 Å². The number of nitrogens with two attached hydrogens (primary N) is 1. The zero-order valence-electron chi connectivity index (χ0n) is 18.3. The van der Waals surface area contributed by atoms with Crippen LogP contribution < -0.4 is 10.6 Å². The molecule has 2 aliphatic rings. The third kappa shape index (κ3) is 4.23. The summed E-state index contributed by atoms with van der Waals surface area (Å²) in [5, 5.41) is 10.1. The highest BCUT2D eigenvalue weighted by molar-refractivity contribution is 9.10. The van der Waals surface area contributed by atoms with Gasteiger partial charge >= 0.3 is 6.18 Å². The first kappa shape index (κ1) is 24.4. The molecule has 0 amide bonds. The number of alkyl halides is 3. The number of hydrogen-bond acceptors (Lipinski definition) is 4. The van der Waals surface area contributed by atoms with Gasteiger partial charge in [0.15, 0.2) is 5.78 Å². The van der Waals surface area contributed by atoms with Crippen molar-refractivity contribution in [3.63, 3.8) is 0 Å². The number of anilines is 1. The average molecular weight is 551 g/mol. The first-order valence-corrected chi connectivity index (χ1v) is 11.6. The highest BCUT2D eigenvalue weighted by atomic mass is 79.9. The summed E-state index contributed by atoms with van der Waals surface area (Å²) >= 11 is 9.75. The molecule has 1 atom stereocenters. The first-order valence-electron chi connectivity index (χ1n) is 10.4. The molecule has 1 heterocycles. The zero-order chi connectivity index (χ0) is 25.0. The van der Waals surface area contributed by atoms with Crippen LogP contribution in [0.15, 0.2) is 69.6 Å². The summed E-state index contributed by atoms with van der Waals surface area (Å²) in [6.07, 6.45) is -4.00. The molecule has 9 heteroatoms. The molecule has 4 rings (SSSR count). The van der Waals surface area contributed by atoms with Crippen molar-refractivity contribution in [3.05, 3.63) is 85.8 Å². The molecule has 2 aromatic rings. The van der Waals surface area contributed by atoms with Gasteiger partial charge in [-0.1, -0.05) is 53.5 Å². The summed E-state index contributed by atoms with van der Waals surface area (Å²) in [6.45, 7) is 3.82. The van der Waals surface area contributed by atoms with E-state index in [4.69, 9.17) is 17.3 Å². The molecular formula is C25H20BrClF3N3O. The lowest BCUT2D eigenvalue weighted by Gasteiger charge is -2.44. The number of ketones is 1. The molecule has 0 fully saturated rings. The van der Waals surface area contributed by atoms with Crippen molar-refractivity contribution in [1.82, 2.24) is 0 Å². The van der Waals surface area contributed by atoms with Gasteiger partial charge in [0.25, 0.3) is 0 Å². The zero-order valence-corrected chi connectivity index (χ0v) is 20.6. The number of carbonyl (C=O) groups excluding carboxylic acids is 1. The minimum absolute atomic E-state index is 0.0194. The summed E-state index contributed by atoms with van der Waals surface area (Å²) in [6, 6.07) is 12.2. The van der Waals surface area contributed by atoms with Crippen molar-refractivity contribution in [3.8, 4) is 6.07 Å². The van der Waals surface area contributed by atoms with Crippen LogP contribution in [0.1, 0.15) is 43.7 Å². The highest BCUT2D eigenvalue weighted by Crippen LogP contribution is 2.51. The van der Waals surface area contributed by atoms with E-state index in [1.165, 1.54) is 4.90 Å². The maximum absolute atomic E-state index is 13.5. The third-order valence-corrected chi connectivity index (χ3v) is 6.95. The Kier molecular flexibility index (Phi) is 6.07. The fraction of sp³-hybridized carbons (Fsp3) is 0.280. The second-order valence-corrected chi connectivity index (χ2v) is 10.5. The summed E-state index contributed by atoms with van der Waals surface area (Å²) in [5.74, 6) is -0.939. The quantitative estimate of drug-likeness (QED) is 0.434. The Morgan fingerprint density at radius 3 is 2.41 bits per heavy atom. The standard InChI is InChI=1S/C25H20BrClF3N3O/c1-24(2)10-19-22(20(34)11-24)21(13-3-6-15(26)7-4-13)16(12-31)23(32)33(19)18-9-14(25(28,29)30)5-8-17(18)27/h3-9,21H,10-11,32H2,1-2H3/t21-/m0/s1. The van der Waals surface area contributed by atoms with Crippen LogP contribution >= 0.6 is 27.5 Å². The molecule has 2 N–H and O–H groups in total. The van der Waals surface area contributed by atoms with Gasteiger partial charge in [0.05, 0.1) is 33.8 Å². The van der Waals surface area contributed by atoms with Gasteiger partial charge in [-0.15, -0.1) is 0 Å². The molecule has 0 radical (unpaired) electrons. The van der Waals surface area contributed by atoms with E-state index in [0.29, 0.717) is 23.3 Å². The Labute approximate surface area is 208 Å². The molecule has 2 aromatic carbocycles. The first-order chi connectivity index (χ1) is 15.8. The molecule has 1 aliphatic heterocycles. The van der Waals surface area contributed by atoms with Crippen LogP contribution in [-0.4, -0.2) is 5.78 Å².